The number of rotatable bonds is 6. The van der Waals surface area contributed by atoms with Crippen LogP contribution in [-0.2, 0) is 14.0 Å². The van der Waals surface area contributed by atoms with Gasteiger partial charge in [0.05, 0.1) is 11.5 Å². The van der Waals surface area contributed by atoms with Crippen molar-refractivity contribution in [2.75, 3.05) is 13.2 Å². The van der Waals surface area contributed by atoms with Crippen LogP contribution in [0.1, 0.15) is 55.4 Å². The lowest BCUT2D eigenvalue weighted by Crippen LogP contribution is -2.43. The zero-order chi connectivity index (χ0) is 20.1. The van der Waals surface area contributed by atoms with Gasteiger partial charge in [-0.25, -0.2) is 0 Å². The maximum atomic E-state index is 11.7. The zero-order valence-corrected chi connectivity index (χ0v) is 18.8. The van der Waals surface area contributed by atoms with E-state index >= 15 is 0 Å². The van der Waals surface area contributed by atoms with E-state index in [0.717, 1.165) is 0 Å². The van der Waals surface area contributed by atoms with E-state index in [0.29, 0.717) is 6.61 Å². The van der Waals surface area contributed by atoms with Gasteiger partial charge < -0.3 is 14.3 Å². The second-order valence-electron chi connectivity index (χ2n) is 9.48. The van der Waals surface area contributed by atoms with Gasteiger partial charge in [0, 0.05) is 18.4 Å². The molecule has 146 valence electrons. The standard InChI is InChI=1S/C20H38O4Si/c1-15(12-11-13-23-18(22)19(3,4)5)17(21)16(2)14-24-25(9,10)20(6,7)8/h15-17,21H,13-14H2,1-10H3/t15-,16+,17+/m1/s1. The third-order valence-corrected chi connectivity index (χ3v) is 9.33. The Kier molecular flexibility index (Phi) is 8.90. The van der Waals surface area contributed by atoms with Gasteiger partial charge in [0.15, 0.2) is 14.9 Å². The van der Waals surface area contributed by atoms with E-state index in [4.69, 9.17) is 9.16 Å². The summed E-state index contributed by atoms with van der Waals surface area (Å²) in [4.78, 5) is 11.7. The van der Waals surface area contributed by atoms with Crippen molar-refractivity contribution >= 4 is 14.3 Å². The number of ether oxygens (including phenoxy) is 1. The third kappa shape index (κ3) is 8.39. The van der Waals surface area contributed by atoms with Crippen LogP contribution in [0.15, 0.2) is 0 Å². The van der Waals surface area contributed by atoms with Crippen molar-refractivity contribution in [2.45, 2.75) is 79.6 Å². The van der Waals surface area contributed by atoms with Crippen molar-refractivity contribution in [3.8, 4) is 11.8 Å². The maximum Gasteiger partial charge on any atom is 0.312 e. The second-order valence-corrected chi connectivity index (χ2v) is 14.3. The highest BCUT2D eigenvalue weighted by Crippen LogP contribution is 2.37. The first-order valence-electron chi connectivity index (χ1n) is 9.07. The van der Waals surface area contributed by atoms with Crippen molar-refractivity contribution in [3.05, 3.63) is 0 Å². The molecule has 0 radical (unpaired) electrons. The van der Waals surface area contributed by atoms with Crippen molar-refractivity contribution in [3.63, 3.8) is 0 Å². The molecular formula is C20H38O4Si. The molecule has 0 saturated carbocycles. The maximum absolute atomic E-state index is 11.7. The van der Waals surface area contributed by atoms with Gasteiger partial charge in [-0.3, -0.25) is 4.79 Å². The van der Waals surface area contributed by atoms with E-state index < -0.39 is 19.8 Å². The molecule has 0 aromatic carbocycles. The summed E-state index contributed by atoms with van der Waals surface area (Å²) in [6.07, 6.45) is -0.574. The van der Waals surface area contributed by atoms with Gasteiger partial charge in [0.1, 0.15) is 0 Å². The molecule has 3 atom stereocenters. The minimum atomic E-state index is -1.81. The number of hydrogen-bond acceptors (Lipinski definition) is 4. The molecule has 0 aliphatic carbocycles. The molecule has 0 aliphatic heterocycles. The van der Waals surface area contributed by atoms with Crippen molar-refractivity contribution in [1.82, 2.24) is 0 Å². The van der Waals surface area contributed by atoms with Crippen LogP contribution in [0, 0.1) is 29.1 Å². The molecule has 0 rings (SSSR count). The van der Waals surface area contributed by atoms with Crippen molar-refractivity contribution in [1.29, 1.82) is 0 Å². The van der Waals surface area contributed by atoms with E-state index in [9.17, 15) is 9.90 Å². The van der Waals surface area contributed by atoms with Gasteiger partial charge >= 0.3 is 5.97 Å². The highest BCUT2D eigenvalue weighted by atomic mass is 28.4. The molecule has 0 saturated heterocycles. The van der Waals surface area contributed by atoms with Crippen LogP contribution in [0.2, 0.25) is 18.1 Å². The van der Waals surface area contributed by atoms with E-state index in [1.807, 2.05) is 13.8 Å². The fourth-order valence-corrected chi connectivity index (χ4v) is 2.87. The van der Waals surface area contributed by atoms with Gasteiger partial charge in [0.25, 0.3) is 0 Å². The number of carbonyl (C=O) groups excluding carboxylic acids is 1. The molecule has 0 heterocycles. The summed E-state index contributed by atoms with van der Waals surface area (Å²) in [6.45, 7) is 20.9. The van der Waals surface area contributed by atoms with Crippen LogP contribution in [0.25, 0.3) is 0 Å². The van der Waals surface area contributed by atoms with Gasteiger partial charge in [-0.1, -0.05) is 39.5 Å². The van der Waals surface area contributed by atoms with E-state index in [-0.39, 0.29) is 29.5 Å². The Morgan fingerprint density at radius 2 is 1.64 bits per heavy atom. The summed E-state index contributed by atoms with van der Waals surface area (Å²) < 4.78 is 11.3. The van der Waals surface area contributed by atoms with Gasteiger partial charge in [-0.2, -0.15) is 0 Å². The van der Waals surface area contributed by atoms with E-state index in [1.54, 1.807) is 20.8 Å². The number of carbonyl (C=O) groups is 1. The zero-order valence-electron chi connectivity index (χ0n) is 17.8. The Balaban J connectivity index is 4.49. The Morgan fingerprint density at radius 1 is 1.12 bits per heavy atom. The summed E-state index contributed by atoms with van der Waals surface area (Å²) in [5.74, 6) is 5.33. The molecular weight excluding hydrogens is 332 g/mol. The molecule has 0 aromatic heterocycles. The molecule has 1 N–H and O–H groups in total. The smallest absolute Gasteiger partial charge is 0.312 e. The summed E-state index contributed by atoms with van der Waals surface area (Å²) >= 11 is 0. The minimum Gasteiger partial charge on any atom is -0.452 e. The van der Waals surface area contributed by atoms with Gasteiger partial charge in [0.2, 0.25) is 0 Å². The van der Waals surface area contributed by atoms with E-state index in [1.165, 1.54) is 0 Å². The lowest BCUT2D eigenvalue weighted by Gasteiger charge is -2.37. The van der Waals surface area contributed by atoms with Crippen LogP contribution >= 0.6 is 0 Å². The molecule has 0 spiro atoms. The Morgan fingerprint density at radius 3 is 2.08 bits per heavy atom. The van der Waals surface area contributed by atoms with Crippen molar-refractivity contribution in [2.24, 2.45) is 17.3 Å². The van der Waals surface area contributed by atoms with Gasteiger partial charge in [-0.15, -0.1) is 0 Å². The predicted octanol–water partition coefficient (Wildman–Crippen LogP) is 4.23. The lowest BCUT2D eigenvalue weighted by molar-refractivity contribution is -0.151. The van der Waals surface area contributed by atoms with Gasteiger partial charge in [-0.05, 0) is 45.8 Å². The first-order chi connectivity index (χ1) is 11.1. The van der Waals surface area contributed by atoms with Crippen LogP contribution in [0.4, 0.5) is 0 Å². The molecule has 0 aromatic rings. The molecule has 0 unspecified atom stereocenters. The number of esters is 1. The van der Waals surface area contributed by atoms with Crippen molar-refractivity contribution < 1.29 is 19.1 Å². The molecule has 4 nitrogen and oxygen atoms in total. The third-order valence-electron chi connectivity index (χ3n) is 4.83. The summed E-state index contributed by atoms with van der Waals surface area (Å²) in [6, 6.07) is 0. The molecule has 0 aliphatic rings. The first-order valence-corrected chi connectivity index (χ1v) is 12.0. The largest absolute Gasteiger partial charge is 0.452 e. The van der Waals surface area contributed by atoms with Crippen LogP contribution in [0.3, 0.4) is 0 Å². The minimum absolute atomic E-state index is 0.00412. The SMILES string of the molecule is C[C@H](C#CCOC(=O)C(C)(C)C)[C@H](O)[C@@H](C)CO[Si](C)(C)C(C)(C)C. The Labute approximate surface area is 155 Å². The molecule has 5 heteroatoms. The second kappa shape index (κ2) is 9.20. The normalized spacial score (nSPS) is 16.4. The summed E-state index contributed by atoms with van der Waals surface area (Å²) in [7, 11) is -1.81. The quantitative estimate of drug-likeness (QED) is 0.432. The molecule has 0 bridgehead atoms. The van der Waals surface area contributed by atoms with Crippen LogP contribution in [-0.4, -0.2) is 38.7 Å². The molecule has 0 fully saturated rings. The average Bonchev–Trinajstić information content (AvgIpc) is 2.45. The van der Waals surface area contributed by atoms with E-state index in [2.05, 4.69) is 45.7 Å². The lowest BCUT2D eigenvalue weighted by atomic mass is 9.94. The monoisotopic (exact) mass is 370 g/mol. The molecule has 0 amide bonds. The predicted molar refractivity (Wildman–Crippen MR) is 106 cm³/mol. The summed E-state index contributed by atoms with van der Waals surface area (Å²) in [5.41, 5.74) is -0.525. The highest BCUT2D eigenvalue weighted by molar-refractivity contribution is 6.74. The fraction of sp³-hybridized carbons (Fsp3) is 0.850. The number of hydrogen-bond donors (Lipinski definition) is 1. The van der Waals surface area contributed by atoms with Crippen LogP contribution < -0.4 is 0 Å². The first kappa shape index (κ1) is 24.2. The number of aliphatic hydroxyl groups excluding tert-OH is 1. The topological polar surface area (TPSA) is 55.8 Å². The molecule has 25 heavy (non-hydrogen) atoms. The Bertz CT molecular complexity index is 489. The Hall–Kier alpha value is -0.833. The average molecular weight is 371 g/mol. The number of aliphatic hydroxyl groups is 1. The summed E-state index contributed by atoms with van der Waals surface area (Å²) in [5, 5.41) is 10.6. The van der Waals surface area contributed by atoms with Crippen LogP contribution in [0.5, 0.6) is 0 Å². The highest BCUT2D eigenvalue weighted by Gasteiger charge is 2.37. The fourth-order valence-electron chi connectivity index (χ4n) is 1.75.